The van der Waals surface area contributed by atoms with Gasteiger partial charge >= 0.3 is 11.8 Å². The predicted molar refractivity (Wildman–Crippen MR) is 102 cm³/mol. The molecule has 0 spiro atoms. The van der Waals surface area contributed by atoms with Gasteiger partial charge in [-0.3, -0.25) is 9.59 Å². The predicted octanol–water partition coefficient (Wildman–Crippen LogP) is 0.117. The maximum atomic E-state index is 12.9. The van der Waals surface area contributed by atoms with E-state index in [-0.39, 0.29) is 11.4 Å². The van der Waals surface area contributed by atoms with Crippen LogP contribution < -0.4 is 15.4 Å². The minimum absolute atomic E-state index is 0.0830. The Morgan fingerprint density at radius 1 is 1.14 bits per heavy atom. The van der Waals surface area contributed by atoms with Crippen LogP contribution >= 0.6 is 0 Å². The van der Waals surface area contributed by atoms with Gasteiger partial charge in [0.25, 0.3) is 0 Å². The first-order valence-electron chi connectivity index (χ1n) is 9.11. The molecule has 0 radical (unpaired) electrons. The van der Waals surface area contributed by atoms with E-state index in [1.807, 2.05) is 0 Å². The zero-order valence-electron chi connectivity index (χ0n) is 16.1. The van der Waals surface area contributed by atoms with Crippen molar-refractivity contribution in [1.29, 1.82) is 0 Å². The van der Waals surface area contributed by atoms with Crippen LogP contribution in [0.3, 0.4) is 0 Å². The summed E-state index contributed by atoms with van der Waals surface area (Å²) in [7, 11) is -0.622. The van der Waals surface area contributed by atoms with Crippen LogP contribution in [0.2, 0.25) is 0 Å². The van der Waals surface area contributed by atoms with Crippen LogP contribution in [-0.2, 0) is 24.3 Å². The molecule has 1 heterocycles. The molecule has 156 valence electrons. The highest BCUT2D eigenvalue weighted by atomic mass is 32.2. The number of hydrogen-bond acceptors (Lipinski definition) is 6. The second-order valence-corrected chi connectivity index (χ2v) is 8.29. The Morgan fingerprint density at radius 2 is 1.82 bits per heavy atom. The van der Waals surface area contributed by atoms with Gasteiger partial charge in [-0.2, -0.15) is 4.31 Å². The molecule has 1 fully saturated rings. The van der Waals surface area contributed by atoms with Gasteiger partial charge in [0.2, 0.25) is 10.0 Å². The van der Waals surface area contributed by atoms with Gasteiger partial charge in [0.1, 0.15) is 5.75 Å². The van der Waals surface area contributed by atoms with Crippen LogP contribution in [-0.4, -0.2) is 71.0 Å². The molecule has 1 saturated heterocycles. The van der Waals surface area contributed by atoms with Gasteiger partial charge in [-0.1, -0.05) is 0 Å². The summed E-state index contributed by atoms with van der Waals surface area (Å²) in [5, 5.41) is 5.02. The summed E-state index contributed by atoms with van der Waals surface area (Å²) in [5.74, 6) is -0.939. The lowest BCUT2D eigenvalue weighted by molar-refractivity contribution is -0.139. The SMILES string of the molecule is COCCCNC(=O)C(=O)NC[C@H]1CCCN1S(=O)(=O)c1ccc(OC)cc1. The van der Waals surface area contributed by atoms with Gasteiger partial charge < -0.3 is 20.1 Å². The molecule has 1 aromatic carbocycles. The number of nitrogens with one attached hydrogen (secondary N) is 2. The van der Waals surface area contributed by atoms with Crippen LogP contribution in [0.1, 0.15) is 19.3 Å². The van der Waals surface area contributed by atoms with E-state index in [1.54, 1.807) is 19.2 Å². The van der Waals surface area contributed by atoms with Gasteiger partial charge in [-0.25, -0.2) is 8.42 Å². The van der Waals surface area contributed by atoms with Gasteiger partial charge in [-0.15, -0.1) is 0 Å². The Bertz CT molecular complexity index is 766. The van der Waals surface area contributed by atoms with Crippen LogP contribution in [0.25, 0.3) is 0 Å². The Kier molecular flexibility index (Phi) is 8.21. The van der Waals surface area contributed by atoms with Crippen molar-refractivity contribution in [3.8, 4) is 5.75 Å². The first-order valence-corrected chi connectivity index (χ1v) is 10.5. The molecule has 0 aromatic heterocycles. The van der Waals surface area contributed by atoms with E-state index >= 15 is 0 Å². The summed E-state index contributed by atoms with van der Waals surface area (Å²) in [6, 6.07) is 5.78. The molecule has 10 heteroatoms. The number of hydrogen-bond donors (Lipinski definition) is 2. The number of amides is 2. The fourth-order valence-electron chi connectivity index (χ4n) is 3.00. The maximum absolute atomic E-state index is 12.9. The van der Waals surface area contributed by atoms with Crippen LogP contribution in [0.4, 0.5) is 0 Å². The molecule has 0 bridgehead atoms. The number of ether oxygens (including phenoxy) is 2. The van der Waals surface area contributed by atoms with Crippen molar-refractivity contribution in [2.24, 2.45) is 0 Å². The van der Waals surface area contributed by atoms with Crippen LogP contribution in [0.5, 0.6) is 5.75 Å². The fourth-order valence-corrected chi connectivity index (χ4v) is 4.69. The van der Waals surface area contributed by atoms with E-state index in [1.165, 1.54) is 23.5 Å². The van der Waals surface area contributed by atoms with Crippen molar-refractivity contribution < 1.29 is 27.5 Å². The summed E-state index contributed by atoms with van der Waals surface area (Å²) in [4.78, 5) is 23.9. The minimum Gasteiger partial charge on any atom is -0.497 e. The first kappa shape index (κ1) is 22.1. The molecule has 1 aliphatic rings. The van der Waals surface area contributed by atoms with E-state index in [9.17, 15) is 18.0 Å². The molecule has 1 aliphatic heterocycles. The Hall–Kier alpha value is -2.17. The first-order chi connectivity index (χ1) is 13.4. The fraction of sp³-hybridized carbons (Fsp3) is 0.556. The summed E-state index contributed by atoms with van der Waals surface area (Å²) in [6.45, 7) is 1.28. The number of sulfonamides is 1. The molecule has 0 aliphatic carbocycles. The number of nitrogens with zero attached hydrogens (tertiary/aromatic N) is 1. The summed E-state index contributed by atoms with van der Waals surface area (Å²) >= 11 is 0. The standard InChI is InChI=1S/C18H27N3O6S/c1-26-12-4-10-19-17(22)18(23)20-13-14-5-3-11-21(14)28(24,25)16-8-6-15(27-2)7-9-16/h6-9,14H,3-5,10-13H2,1-2H3,(H,19,22)(H,20,23)/t14-/m1/s1. The third-order valence-electron chi connectivity index (χ3n) is 4.50. The van der Waals surface area contributed by atoms with Gasteiger partial charge in [0.15, 0.2) is 0 Å². The average molecular weight is 413 g/mol. The van der Waals surface area contributed by atoms with Crippen molar-refractivity contribution in [3.63, 3.8) is 0 Å². The highest BCUT2D eigenvalue weighted by molar-refractivity contribution is 7.89. The summed E-state index contributed by atoms with van der Waals surface area (Å²) < 4.78 is 37.1. The highest BCUT2D eigenvalue weighted by Crippen LogP contribution is 2.26. The maximum Gasteiger partial charge on any atom is 0.309 e. The second kappa shape index (κ2) is 10.4. The van der Waals surface area contributed by atoms with E-state index in [0.717, 1.165) is 0 Å². The number of rotatable bonds is 9. The van der Waals surface area contributed by atoms with Gasteiger partial charge in [-0.05, 0) is 43.5 Å². The van der Waals surface area contributed by atoms with E-state index in [0.29, 0.717) is 44.7 Å². The Balaban J connectivity index is 1.93. The molecule has 28 heavy (non-hydrogen) atoms. The monoisotopic (exact) mass is 413 g/mol. The topological polar surface area (TPSA) is 114 Å². The van der Waals surface area contributed by atoms with Gasteiger partial charge in [0.05, 0.1) is 12.0 Å². The number of methoxy groups -OCH3 is 2. The largest absolute Gasteiger partial charge is 0.497 e. The molecule has 0 unspecified atom stereocenters. The molecule has 1 aromatic rings. The average Bonchev–Trinajstić information content (AvgIpc) is 3.18. The normalized spacial score (nSPS) is 17.3. The lowest BCUT2D eigenvalue weighted by Crippen LogP contribution is -2.47. The van der Waals surface area contributed by atoms with Crippen LogP contribution in [0, 0.1) is 0 Å². The zero-order chi connectivity index (χ0) is 20.6. The Morgan fingerprint density at radius 3 is 2.46 bits per heavy atom. The van der Waals surface area contributed by atoms with Crippen LogP contribution in [0.15, 0.2) is 29.2 Å². The van der Waals surface area contributed by atoms with E-state index in [4.69, 9.17) is 9.47 Å². The van der Waals surface area contributed by atoms with E-state index < -0.39 is 27.9 Å². The van der Waals surface area contributed by atoms with E-state index in [2.05, 4.69) is 10.6 Å². The van der Waals surface area contributed by atoms with Gasteiger partial charge in [0, 0.05) is 39.4 Å². The molecular weight excluding hydrogens is 386 g/mol. The minimum atomic E-state index is -3.69. The molecule has 2 rings (SSSR count). The lowest BCUT2D eigenvalue weighted by atomic mass is 10.2. The molecule has 2 amide bonds. The molecule has 2 N–H and O–H groups in total. The molecule has 1 atom stereocenters. The smallest absolute Gasteiger partial charge is 0.309 e. The summed E-state index contributed by atoms with van der Waals surface area (Å²) in [5.41, 5.74) is 0. The quantitative estimate of drug-likeness (QED) is 0.439. The molecule has 0 saturated carbocycles. The number of carbonyl (C=O) groups is 2. The molecule has 9 nitrogen and oxygen atoms in total. The summed E-state index contributed by atoms with van der Waals surface area (Å²) in [6.07, 6.45) is 1.91. The lowest BCUT2D eigenvalue weighted by Gasteiger charge is -2.24. The van der Waals surface area contributed by atoms with Crippen molar-refractivity contribution in [3.05, 3.63) is 24.3 Å². The molecular formula is C18H27N3O6S. The number of benzene rings is 1. The number of carbonyl (C=O) groups excluding carboxylic acids is 2. The van der Waals surface area contributed by atoms with Crippen molar-refractivity contribution in [2.75, 3.05) is 40.5 Å². The highest BCUT2D eigenvalue weighted by Gasteiger charge is 2.35. The van der Waals surface area contributed by atoms with Crippen molar-refractivity contribution in [1.82, 2.24) is 14.9 Å². The second-order valence-electron chi connectivity index (χ2n) is 6.40. The third-order valence-corrected chi connectivity index (χ3v) is 6.47. The Labute approximate surface area is 165 Å². The third kappa shape index (κ3) is 5.66. The van der Waals surface area contributed by atoms with Crippen molar-refractivity contribution >= 4 is 21.8 Å². The van der Waals surface area contributed by atoms with Crippen molar-refractivity contribution in [2.45, 2.75) is 30.2 Å². The zero-order valence-corrected chi connectivity index (χ0v) is 17.0.